The van der Waals surface area contributed by atoms with Gasteiger partial charge in [-0.3, -0.25) is 0 Å². The van der Waals surface area contributed by atoms with Crippen LogP contribution in [0.5, 0.6) is 5.75 Å². The Labute approximate surface area is 127 Å². The highest BCUT2D eigenvalue weighted by Crippen LogP contribution is 2.27. The molecule has 2 fully saturated rings. The Balaban J connectivity index is 1.43. The SMILES string of the molecule is Fc1ccc(Br)c(OCC2CCC(CNC3CC3)O2)c1. The van der Waals surface area contributed by atoms with Crippen LogP contribution in [0, 0.1) is 5.82 Å². The topological polar surface area (TPSA) is 30.5 Å². The van der Waals surface area contributed by atoms with Crippen molar-refractivity contribution in [3.8, 4) is 5.75 Å². The second kappa shape index (κ2) is 6.41. The molecule has 1 aliphatic carbocycles. The van der Waals surface area contributed by atoms with Crippen LogP contribution in [0.15, 0.2) is 22.7 Å². The third-order valence-corrected chi connectivity index (χ3v) is 4.38. The van der Waals surface area contributed by atoms with Crippen LogP contribution < -0.4 is 10.1 Å². The Bertz CT molecular complexity index is 467. The van der Waals surface area contributed by atoms with E-state index in [1.807, 2.05) is 0 Å². The van der Waals surface area contributed by atoms with Crippen LogP contribution in [-0.2, 0) is 4.74 Å². The van der Waals surface area contributed by atoms with Crippen molar-refractivity contribution in [2.75, 3.05) is 13.2 Å². The molecule has 1 aromatic rings. The summed E-state index contributed by atoms with van der Waals surface area (Å²) in [6.45, 7) is 1.41. The molecule has 0 aromatic heterocycles. The van der Waals surface area contributed by atoms with Crippen molar-refractivity contribution in [3.05, 3.63) is 28.5 Å². The molecule has 110 valence electrons. The highest BCUT2D eigenvalue weighted by molar-refractivity contribution is 9.10. The zero-order valence-electron chi connectivity index (χ0n) is 11.3. The van der Waals surface area contributed by atoms with Gasteiger partial charge < -0.3 is 14.8 Å². The van der Waals surface area contributed by atoms with Gasteiger partial charge in [-0.25, -0.2) is 4.39 Å². The molecule has 1 saturated heterocycles. The molecule has 0 spiro atoms. The average molecular weight is 344 g/mol. The van der Waals surface area contributed by atoms with E-state index in [9.17, 15) is 4.39 Å². The van der Waals surface area contributed by atoms with Crippen molar-refractivity contribution in [3.63, 3.8) is 0 Å². The largest absolute Gasteiger partial charge is 0.490 e. The predicted molar refractivity (Wildman–Crippen MR) is 78.5 cm³/mol. The van der Waals surface area contributed by atoms with E-state index >= 15 is 0 Å². The lowest BCUT2D eigenvalue weighted by atomic mass is 10.2. The van der Waals surface area contributed by atoms with Gasteiger partial charge >= 0.3 is 0 Å². The van der Waals surface area contributed by atoms with E-state index in [4.69, 9.17) is 9.47 Å². The van der Waals surface area contributed by atoms with Gasteiger partial charge in [-0.15, -0.1) is 0 Å². The van der Waals surface area contributed by atoms with Gasteiger partial charge in [-0.1, -0.05) is 0 Å². The summed E-state index contributed by atoms with van der Waals surface area (Å²) in [7, 11) is 0. The van der Waals surface area contributed by atoms with E-state index in [2.05, 4.69) is 21.2 Å². The summed E-state index contributed by atoms with van der Waals surface area (Å²) in [5, 5.41) is 3.49. The van der Waals surface area contributed by atoms with Crippen LogP contribution in [0.25, 0.3) is 0 Å². The van der Waals surface area contributed by atoms with Crippen LogP contribution in [0.1, 0.15) is 25.7 Å². The number of benzene rings is 1. The Morgan fingerprint density at radius 3 is 2.85 bits per heavy atom. The highest BCUT2D eigenvalue weighted by Gasteiger charge is 2.28. The van der Waals surface area contributed by atoms with E-state index in [1.54, 1.807) is 6.07 Å². The summed E-state index contributed by atoms with van der Waals surface area (Å²) in [5.41, 5.74) is 0. The van der Waals surface area contributed by atoms with Crippen molar-refractivity contribution in [1.82, 2.24) is 5.32 Å². The molecule has 1 saturated carbocycles. The number of ether oxygens (including phenoxy) is 2. The second-order valence-corrected chi connectivity index (χ2v) is 6.38. The third-order valence-electron chi connectivity index (χ3n) is 3.73. The lowest BCUT2D eigenvalue weighted by Gasteiger charge is -2.15. The van der Waals surface area contributed by atoms with Gasteiger partial charge in [0.2, 0.25) is 0 Å². The van der Waals surface area contributed by atoms with Crippen LogP contribution in [-0.4, -0.2) is 31.4 Å². The molecule has 1 aliphatic heterocycles. The van der Waals surface area contributed by atoms with E-state index in [1.165, 1.54) is 25.0 Å². The van der Waals surface area contributed by atoms with Gasteiger partial charge in [0, 0.05) is 18.7 Å². The summed E-state index contributed by atoms with van der Waals surface area (Å²) in [5.74, 6) is 0.246. The molecule has 0 bridgehead atoms. The summed E-state index contributed by atoms with van der Waals surface area (Å²) in [6, 6.07) is 5.17. The van der Waals surface area contributed by atoms with Gasteiger partial charge in [0.15, 0.2) is 0 Å². The van der Waals surface area contributed by atoms with Gasteiger partial charge in [0.1, 0.15) is 18.2 Å². The third kappa shape index (κ3) is 3.93. The standard InChI is InChI=1S/C15H19BrFNO2/c16-14-6-1-10(17)7-15(14)19-9-13-5-4-12(20-13)8-18-11-2-3-11/h1,6-7,11-13,18H,2-5,8-9H2. The molecule has 2 unspecified atom stereocenters. The van der Waals surface area contributed by atoms with Crippen molar-refractivity contribution in [1.29, 1.82) is 0 Å². The van der Waals surface area contributed by atoms with Crippen LogP contribution in [0.4, 0.5) is 4.39 Å². The molecule has 2 aliphatic rings. The maximum atomic E-state index is 13.2. The first-order valence-electron chi connectivity index (χ1n) is 7.17. The molecule has 1 heterocycles. The molecule has 0 radical (unpaired) electrons. The average Bonchev–Trinajstić information content (AvgIpc) is 3.16. The molecular formula is C15H19BrFNO2. The quantitative estimate of drug-likeness (QED) is 0.859. The smallest absolute Gasteiger partial charge is 0.136 e. The van der Waals surface area contributed by atoms with Gasteiger partial charge in [0.25, 0.3) is 0 Å². The first-order chi connectivity index (χ1) is 9.70. The summed E-state index contributed by atoms with van der Waals surface area (Å²) >= 11 is 3.36. The zero-order valence-corrected chi connectivity index (χ0v) is 12.9. The van der Waals surface area contributed by atoms with Gasteiger partial charge in [0.05, 0.1) is 16.7 Å². The summed E-state index contributed by atoms with van der Waals surface area (Å²) < 4.78 is 25.5. The predicted octanol–water partition coefficient (Wildman–Crippen LogP) is 3.27. The molecular weight excluding hydrogens is 325 g/mol. The molecule has 1 aromatic carbocycles. The number of nitrogens with one attached hydrogen (secondary N) is 1. The molecule has 5 heteroatoms. The monoisotopic (exact) mass is 343 g/mol. The van der Waals surface area contributed by atoms with Crippen molar-refractivity contribution in [2.45, 2.75) is 43.9 Å². The van der Waals surface area contributed by atoms with Crippen molar-refractivity contribution >= 4 is 15.9 Å². The number of hydrogen-bond donors (Lipinski definition) is 1. The lowest BCUT2D eigenvalue weighted by molar-refractivity contribution is 0.0182. The minimum Gasteiger partial charge on any atom is -0.490 e. The lowest BCUT2D eigenvalue weighted by Crippen LogP contribution is -2.29. The maximum absolute atomic E-state index is 13.2. The molecule has 1 N–H and O–H groups in total. The minimum atomic E-state index is -0.290. The first-order valence-corrected chi connectivity index (χ1v) is 7.96. The van der Waals surface area contributed by atoms with E-state index < -0.39 is 0 Å². The fraction of sp³-hybridized carbons (Fsp3) is 0.600. The minimum absolute atomic E-state index is 0.108. The summed E-state index contributed by atoms with van der Waals surface area (Å²) in [6.07, 6.45) is 5.07. The van der Waals surface area contributed by atoms with Gasteiger partial charge in [-0.2, -0.15) is 0 Å². The fourth-order valence-corrected chi connectivity index (χ4v) is 2.77. The Hall–Kier alpha value is -0.650. The van der Waals surface area contributed by atoms with E-state index in [0.29, 0.717) is 18.5 Å². The summed E-state index contributed by atoms with van der Waals surface area (Å²) in [4.78, 5) is 0. The molecule has 20 heavy (non-hydrogen) atoms. The maximum Gasteiger partial charge on any atom is 0.136 e. The van der Waals surface area contributed by atoms with Crippen molar-refractivity contribution < 1.29 is 13.9 Å². The van der Waals surface area contributed by atoms with Crippen LogP contribution in [0.2, 0.25) is 0 Å². The first kappa shape index (κ1) is 14.3. The molecule has 3 nitrogen and oxygen atoms in total. The Kier molecular flexibility index (Phi) is 4.58. The number of rotatable bonds is 6. The van der Waals surface area contributed by atoms with E-state index in [0.717, 1.165) is 29.9 Å². The fourth-order valence-electron chi connectivity index (χ4n) is 2.41. The van der Waals surface area contributed by atoms with Crippen molar-refractivity contribution in [2.24, 2.45) is 0 Å². The molecule has 3 rings (SSSR count). The Morgan fingerprint density at radius 1 is 1.25 bits per heavy atom. The van der Waals surface area contributed by atoms with Crippen LogP contribution >= 0.6 is 15.9 Å². The normalized spacial score (nSPS) is 25.9. The molecule has 0 amide bonds. The number of hydrogen-bond acceptors (Lipinski definition) is 3. The zero-order chi connectivity index (χ0) is 13.9. The Morgan fingerprint density at radius 2 is 2.05 bits per heavy atom. The van der Waals surface area contributed by atoms with Crippen LogP contribution in [0.3, 0.4) is 0 Å². The highest BCUT2D eigenvalue weighted by atomic mass is 79.9. The molecule has 2 atom stereocenters. The second-order valence-electron chi connectivity index (χ2n) is 5.53. The number of halogens is 2. The van der Waals surface area contributed by atoms with Gasteiger partial charge in [-0.05, 0) is 53.7 Å². The van der Waals surface area contributed by atoms with E-state index in [-0.39, 0.29) is 11.9 Å².